The van der Waals surface area contributed by atoms with Crippen molar-refractivity contribution in [3.05, 3.63) is 121 Å². The fourth-order valence-corrected chi connectivity index (χ4v) is 4.22. The van der Waals surface area contributed by atoms with E-state index in [0.29, 0.717) is 11.3 Å². The highest BCUT2D eigenvalue weighted by atomic mass is 35.5. The molecular formula is C30H28ClN3O2. The molecule has 0 radical (unpaired) electrons. The summed E-state index contributed by atoms with van der Waals surface area (Å²) < 4.78 is 0. The van der Waals surface area contributed by atoms with Crippen molar-refractivity contribution in [3.8, 4) is 11.1 Å². The van der Waals surface area contributed by atoms with Gasteiger partial charge in [-0.3, -0.25) is 19.5 Å². The zero-order valence-electron chi connectivity index (χ0n) is 20.2. The summed E-state index contributed by atoms with van der Waals surface area (Å²) in [5, 5.41) is 2.24. The van der Waals surface area contributed by atoms with Crippen molar-refractivity contribution in [1.82, 2.24) is 10.3 Å². The molecule has 4 rings (SSSR count). The number of hydrogen-bond acceptors (Lipinski definition) is 3. The van der Waals surface area contributed by atoms with Gasteiger partial charge in [-0.05, 0) is 48.7 Å². The van der Waals surface area contributed by atoms with Crippen LogP contribution in [0.5, 0.6) is 0 Å². The molecule has 3 atom stereocenters. The highest BCUT2D eigenvalue weighted by molar-refractivity contribution is 6.33. The van der Waals surface area contributed by atoms with Crippen LogP contribution in [0.1, 0.15) is 37.1 Å². The largest absolute Gasteiger partial charge is 0.347 e. The van der Waals surface area contributed by atoms with Crippen molar-refractivity contribution >= 4 is 29.1 Å². The minimum Gasteiger partial charge on any atom is -0.347 e. The Bertz CT molecular complexity index is 1280. The van der Waals surface area contributed by atoms with Crippen molar-refractivity contribution in [3.63, 3.8) is 0 Å². The molecule has 1 unspecified atom stereocenters. The van der Waals surface area contributed by atoms with Crippen LogP contribution in [0.15, 0.2) is 109 Å². The zero-order valence-corrected chi connectivity index (χ0v) is 21.0. The van der Waals surface area contributed by atoms with Crippen LogP contribution in [-0.4, -0.2) is 22.2 Å². The first-order valence-electron chi connectivity index (χ1n) is 11.8. The smallest absolute Gasteiger partial charge is 0.248 e. The monoisotopic (exact) mass is 497 g/mol. The molecule has 0 fully saturated rings. The van der Waals surface area contributed by atoms with Crippen molar-refractivity contribution in [1.29, 1.82) is 0 Å². The van der Waals surface area contributed by atoms with E-state index in [0.717, 1.165) is 16.7 Å². The summed E-state index contributed by atoms with van der Waals surface area (Å²) >= 11 is 6.30. The van der Waals surface area contributed by atoms with Gasteiger partial charge in [0.25, 0.3) is 0 Å². The van der Waals surface area contributed by atoms with E-state index in [1.807, 2.05) is 91.9 Å². The fourth-order valence-electron chi connectivity index (χ4n) is 4.11. The van der Waals surface area contributed by atoms with Crippen LogP contribution in [0.4, 0.5) is 5.69 Å². The molecule has 0 aliphatic heterocycles. The number of aromatic nitrogens is 1. The molecule has 0 aliphatic carbocycles. The molecule has 1 N–H and O–H groups in total. The Morgan fingerprint density at radius 1 is 0.778 bits per heavy atom. The predicted octanol–water partition coefficient (Wildman–Crippen LogP) is 6.33. The summed E-state index contributed by atoms with van der Waals surface area (Å²) in [5.41, 5.74) is 4.19. The topological polar surface area (TPSA) is 62.3 Å². The van der Waals surface area contributed by atoms with Gasteiger partial charge in [-0.2, -0.15) is 0 Å². The normalized spacial score (nSPS) is 13.3. The highest BCUT2D eigenvalue weighted by Crippen LogP contribution is 2.32. The third-order valence-corrected chi connectivity index (χ3v) is 6.18. The van der Waals surface area contributed by atoms with E-state index in [2.05, 4.69) is 10.3 Å². The van der Waals surface area contributed by atoms with Crippen LogP contribution in [0, 0.1) is 0 Å². The Morgan fingerprint density at radius 3 is 1.94 bits per heavy atom. The van der Waals surface area contributed by atoms with Crippen molar-refractivity contribution in [2.75, 3.05) is 4.90 Å². The number of nitrogens with one attached hydrogen (secondary N) is 1. The molecule has 5 nitrogen and oxygen atoms in total. The van der Waals surface area contributed by atoms with Crippen LogP contribution in [0.25, 0.3) is 11.1 Å². The lowest BCUT2D eigenvalue weighted by atomic mass is 10.0. The maximum atomic E-state index is 13.8. The average molecular weight is 498 g/mol. The Morgan fingerprint density at radius 2 is 1.36 bits per heavy atom. The highest BCUT2D eigenvalue weighted by Gasteiger charge is 2.35. The van der Waals surface area contributed by atoms with Gasteiger partial charge >= 0.3 is 0 Å². The van der Waals surface area contributed by atoms with Crippen molar-refractivity contribution in [2.24, 2.45) is 0 Å². The molecule has 0 spiro atoms. The number of rotatable bonds is 8. The number of hydrogen-bond donors (Lipinski definition) is 1. The van der Waals surface area contributed by atoms with E-state index in [9.17, 15) is 9.59 Å². The Labute approximate surface area is 216 Å². The third-order valence-electron chi connectivity index (χ3n) is 6.00. The molecule has 6 heteroatoms. The van der Waals surface area contributed by atoms with E-state index in [4.69, 9.17) is 11.6 Å². The average Bonchev–Trinajstić information content (AvgIpc) is 2.92. The van der Waals surface area contributed by atoms with Gasteiger partial charge in [-0.25, -0.2) is 0 Å². The molecular weight excluding hydrogens is 470 g/mol. The number of carbonyl (C=O) groups excluding carboxylic acids is 2. The van der Waals surface area contributed by atoms with Crippen molar-refractivity contribution in [2.45, 2.75) is 31.3 Å². The van der Waals surface area contributed by atoms with Crippen molar-refractivity contribution < 1.29 is 9.59 Å². The molecule has 3 aromatic carbocycles. The Balaban J connectivity index is 1.74. The molecule has 0 bridgehead atoms. The second kappa shape index (κ2) is 11.6. The first-order chi connectivity index (χ1) is 17.5. The first kappa shape index (κ1) is 25.1. The molecule has 1 heterocycles. The second-order valence-electron chi connectivity index (χ2n) is 8.57. The summed E-state index contributed by atoms with van der Waals surface area (Å²) in [7, 11) is 0. The van der Waals surface area contributed by atoms with E-state index in [-0.39, 0.29) is 17.9 Å². The molecule has 36 heavy (non-hydrogen) atoms. The van der Waals surface area contributed by atoms with Crippen LogP contribution < -0.4 is 10.2 Å². The number of anilines is 1. The Kier molecular flexibility index (Phi) is 8.13. The number of carbonyl (C=O) groups is 2. The van der Waals surface area contributed by atoms with Crippen LogP contribution in [0.2, 0.25) is 0 Å². The fraction of sp³-hybridized carbons (Fsp3) is 0.167. The Hall–Kier alpha value is -3.96. The maximum absolute atomic E-state index is 13.8. The molecule has 0 saturated heterocycles. The minimum absolute atomic E-state index is 0.260. The van der Waals surface area contributed by atoms with Gasteiger partial charge in [0.05, 0.1) is 6.04 Å². The summed E-state index contributed by atoms with van der Waals surface area (Å²) in [4.78, 5) is 32.9. The van der Waals surface area contributed by atoms with Gasteiger partial charge < -0.3 is 5.32 Å². The first-order valence-corrected chi connectivity index (χ1v) is 12.3. The number of benzene rings is 3. The van der Waals surface area contributed by atoms with Gasteiger partial charge in [-0.15, -0.1) is 11.6 Å². The van der Waals surface area contributed by atoms with Crippen LogP contribution >= 0.6 is 11.6 Å². The summed E-state index contributed by atoms with van der Waals surface area (Å²) in [6, 6.07) is 29.6. The van der Waals surface area contributed by atoms with Gasteiger partial charge in [0.1, 0.15) is 11.4 Å². The number of nitrogens with zero attached hydrogens (tertiary/aromatic N) is 2. The van der Waals surface area contributed by atoms with E-state index in [1.54, 1.807) is 31.5 Å². The lowest BCUT2D eigenvalue weighted by Crippen LogP contribution is -2.46. The number of amides is 2. The molecule has 182 valence electrons. The van der Waals surface area contributed by atoms with Crippen LogP contribution in [0.3, 0.4) is 0 Å². The SMILES string of the molecule is C[C@H](Cl)C(=O)N(c1ccc(-c2ccccc2)cc1)C(C(=O)N[C@@H](C)c1ccccc1)c1cccnc1. The minimum atomic E-state index is -0.957. The quantitative estimate of drug-likeness (QED) is 0.289. The third kappa shape index (κ3) is 5.81. The zero-order chi connectivity index (χ0) is 25.5. The van der Waals surface area contributed by atoms with E-state index in [1.165, 1.54) is 4.90 Å². The van der Waals surface area contributed by atoms with Crippen LogP contribution in [-0.2, 0) is 9.59 Å². The van der Waals surface area contributed by atoms with E-state index < -0.39 is 11.4 Å². The number of alkyl halides is 1. The molecule has 0 saturated carbocycles. The summed E-state index contributed by atoms with van der Waals surface area (Å²) in [6.07, 6.45) is 3.24. The van der Waals surface area contributed by atoms with Gasteiger partial charge in [0, 0.05) is 23.6 Å². The van der Waals surface area contributed by atoms with Gasteiger partial charge in [0.15, 0.2) is 0 Å². The number of pyridine rings is 1. The standard InChI is InChI=1S/C30H28ClN3O2/c1-21(31)30(36)34(27-17-15-25(16-18-27)24-12-7-4-8-13-24)28(26-14-9-19-32-20-26)29(35)33-22(2)23-10-5-3-6-11-23/h3-22,28H,1-2H3,(H,33,35)/t21-,22-,28?/m0/s1. The molecule has 1 aromatic heterocycles. The van der Waals surface area contributed by atoms with E-state index >= 15 is 0 Å². The second-order valence-corrected chi connectivity index (χ2v) is 9.22. The summed E-state index contributed by atoms with van der Waals surface area (Å²) in [6.45, 7) is 3.53. The number of halogens is 1. The lowest BCUT2D eigenvalue weighted by molar-refractivity contribution is -0.126. The maximum Gasteiger partial charge on any atom is 0.248 e. The predicted molar refractivity (Wildman–Crippen MR) is 145 cm³/mol. The molecule has 4 aromatic rings. The lowest BCUT2D eigenvalue weighted by Gasteiger charge is -2.33. The molecule has 0 aliphatic rings. The van der Waals surface area contributed by atoms with Gasteiger partial charge in [0.2, 0.25) is 11.8 Å². The summed E-state index contributed by atoms with van der Waals surface area (Å²) in [5.74, 6) is -0.697. The molecule has 2 amide bonds. The van der Waals surface area contributed by atoms with Gasteiger partial charge in [-0.1, -0.05) is 78.9 Å².